The fraction of sp³-hybridized carbons (Fsp3) is 0.524. The Morgan fingerprint density at radius 1 is 1.43 bits per heavy atom. The number of fused-ring (bicyclic) bond motifs is 1. The van der Waals surface area contributed by atoms with E-state index in [-0.39, 0.29) is 11.9 Å². The Kier molecular flexibility index (Phi) is 5.92. The second-order valence-electron chi connectivity index (χ2n) is 7.79. The summed E-state index contributed by atoms with van der Waals surface area (Å²) in [5.74, 6) is 0.372. The van der Waals surface area contributed by atoms with Gasteiger partial charge in [0.15, 0.2) is 0 Å². The minimum Gasteiger partial charge on any atom is -0.344 e. The predicted octanol–water partition coefficient (Wildman–Crippen LogP) is 1.78. The lowest BCUT2D eigenvalue weighted by Crippen LogP contribution is -2.60. The van der Waals surface area contributed by atoms with Crippen molar-refractivity contribution < 1.29 is 4.79 Å². The molecule has 0 aliphatic carbocycles. The number of benzene rings is 1. The molecule has 1 fully saturated rings. The summed E-state index contributed by atoms with van der Waals surface area (Å²) in [4.78, 5) is 24.0. The number of amides is 1. The van der Waals surface area contributed by atoms with E-state index >= 15 is 0 Å². The first-order valence-corrected chi connectivity index (χ1v) is 9.79. The first-order valence-electron chi connectivity index (χ1n) is 9.79. The number of aromatic nitrogens is 2. The fourth-order valence-electron chi connectivity index (χ4n) is 3.99. The van der Waals surface area contributed by atoms with E-state index in [1.54, 1.807) is 18.5 Å². The van der Waals surface area contributed by atoms with Crippen molar-refractivity contribution in [3.8, 4) is 6.07 Å². The van der Waals surface area contributed by atoms with E-state index in [2.05, 4.69) is 33.6 Å². The van der Waals surface area contributed by atoms with Gasteiger partial charge in [-0.05, 0) is 45.5 Å². The smallest absolute Gasteiger partial charge is 0.237 e. The highest BCUT2D eigenvalue weighted by Gasteiger charge is 2.41. The summed E-state index contributed by atoms with van der Waals surface area (Å²) < 4.78 is 0. The molecule has 0 unspecified atom stereocenters. The molecule has 3 atom stereocenters. The van der Waals surface area contributed by atoms with E-state index in [0.717, 1.165) is 25.1 Å². The number of piperidine rings is 1. The molecule has 0 bridgehead atoms. The Morgan fingerprint density at radius 3 is 2.79 bits per heavy atom. The standard InChI is InChI=1S/C21H28N6O/c1-5-27(4)15(3)20(28)26-21(10-14(2)12-23-13-21)17-7-6-16(11-22)18-19(17)25-9-8-24-18/h6-9,14-15,23H,5,10,12-13H2,1-4H3,(H,26,28)/t14-,15+,21-/m0/s1. The zero-order valence-corrected chi connectivity index (χ0v) is 17.0. The number of nitriles is 1. The molecule has 1 saturated heterocycles. The van der Waals surface area contributed by atoms with Gasteiger partial charge in [0, 0.05) is 24.5 Å². The normalized spacial score (nSPS) is 23.4. The number of hydrogen-bond donors (Lipinski definition) is 2. The molecule has 3 rings (SSSR count). The third-order valence-corrected chi connectivity index (χ3v) is 5.78. The van der Waals surface area contributed by atoms with Gasteiger partial charge >= 0.3 is 0 Å². The van der Waals surface area contributed by atoms with Gasteiger partial charge in [-0.1, -0.05) is 19.9 Å². The van der Waals surface area contributed by atoms with Crippen molar-refractivity contribution in [2.24, 2.45) is 5.92 Å². The van der Waals surface area contributed by atoms with Crippen molar-refractivity contribution in [1.82, 2.24) is 25.5 Å². The molecule has 1 aromatic heterocycles. The Hall–Kier alpha value is -2.56. The molecule has 0 radical (unpaired) electrons. The molecule has 0 spiro atoms. The van der Waals surface area contributed by atoms with Crippen LogP contribution in [-0.2, 0) is 10.3 Å². The number of carbonyl (C=O) groups excluding carboxylic acids is 1. The zero-order valence-electron chi connectivity index (χ0n) is 17.0. The molecule has 7 heteroatoms. The minimum atomic E-state index is -0.597. The van der Waals surface area contributed by atoms with Crippen LogP contribution in [0.1, 0.15) is 38.3 Å². The van der Waals surface area contributed by atoms with E-state index in [0.29, 0.717) is 29.1 Å². The van der Waals surface area contributed by atoms with Gasteiger partial charge in [-0.2, -0.15) is 5.26 Å². The lowest BCUT2D eigenvalue weighted by atomic mass is 9.77. The van der Waals surface area contributed by atoms with Crippen LogP contribution in [0.15, 0.2) is 24.5 Å². The summed E-state index contributed by atoms with van der Waals surface area (Å²) in [6, 6.07) is 5.65. The van der Waals surface area contributed by atoms with Gasteiger partial charge in [-0.15, -0.1) is 0 Å². The molecule has 28 heavy (non-hydrogen) atoms. The maximum Gasteiger partial charge on any atom is 0.237 e. The Balaban J connectivity index is 2.10. The molecule has 2 heterocycles. The number of likely N-dealkylation sites (N-methyl/N-ethyl adjacent to an activating group) is 1. The summed E-state index contributed by atoms with van der Waals surface area (Å²) in [6.07, 6.45) is 4.03. The van der Waals surface area contributed by atoms with E-state index < -0.39 is 5.54 Å². The second-order valence-corrected chi connectivity index (χ2v) is 7.79. The van der Waals surface area contributed by atoms with Gasteiger partial charge in [0.25, 0.3) is 0 Å². The summed E-state index contributed by atoms with van der Waals surface area (Å²) in [5.41, 5.74) is 2.06. The van der Waals surface area contributed by atoms with Crippen LogP contribution >= 0.6 is 0 Å². The lowest BCUT2D eigenvalue weighted by molar-refractivity contribution is -0.128. The third-order valence-electron chi connectivity index (χ3n) is 5.78. The van der Waals surface area contributed by atoms with Crippen molar-refractivity contribution in [3.63, 3.8) is 0 Å². The number of carbonyl (C=O) groups is 1. The van der Waals surface area contributed by atoms with Gasteiger partial charge in [-0.3, -0.25) is 19.7 Å². The molecular formula is C21H28N6O. The van der Waals surface area contributed by atoms with E-state index in [1.165, 1.54) is 0 Å². The summed E-state index contributed by atoms with van der Waals surface area (Å²) >= 11 is 0. The molecule has 1 aromatic carbocycles. The van der Waals surface area contributed by atoms with Crippen LogP contribution in [0, 0.1) is 17.2 Å². The summed E-state index contributed by atoms with van der Waals surface area (Å²) in [5, 5.41) is 16.2. The first-order chi connectivity index (χ1) is 13.4. The largest absolute Gasteiger partial charge is 0.344 e. The van der Waals surface area contributed by atoms with Crippen LogP contribution in [0.2, 0.25) is 0 Å². The molecule has 2 N–H and O–H groups in total. The van der Waals surface area contributed by atoms with Gasteiger partial charge in [0.05, 0.1) is 22.7 Å². The fourth-order valence-corrected chi connectivity index (χ4v) is 3.99. The molecular weight excluding hydrogens is 352 g/mol. The summed E-state index contributed by atoms with van der Waals surface area (Å²) in [6.45, 7) is 8.44. The predicted molar refractivity (Wildman–Crippen MR) is 108 cm³/mol. The SMILES string of the molecule is CCN(C)[C@H](C)C(=O)N[C@]1(c2ccc(C#N)c3nccnc23)CNC[C@@H](C)C1. The minimum absolute atomic E-state index is 0.0124. The van der Waals surface area contributed by atoms with Gasteiger partial charge < -0.3 is 10.6 Å². The van der Waals surface area contributed by atoms with Crippen molar-refractivity contribution in [3.05, 3.63) is 35.7 Å². The van der Waals surface area contributed by atoms with Crippen LogP contribution in [0.5, 0.6) is 0 Å². The topological polar surface area (TPSA) is 93.9 Å². The number of rotatable bonds is 5. The van der Waals surface area contributed by atoms with Crippen LogP contribution in [0.4, 0.5) is 0 Å². The monoisotopic (exact) mass is 380 g/mol. The van der Waals surface area contributed by atoms with E-state index in [1.807, 2.05) is 31.9 Å². The number of nitrogens with one attached hydrogen (secondary N) is 2. The Morgan fingerprint density at radius 2 is 2.14 bits per heavy atom. The van der Waals surface area contributed by atoms with Crippen molar-refractivity contribution in [1.29, 1.82) is 5.26 Å². The maximum atomic E-state index is 13.1. The van der Waals surface area contributed by atoms with E-state index in [9.17, 15) is 10.1 Å². The quantitative estimate of drug-likeness (QED) is 0.821. The van der Waals surface area contributed by atoms with Crippen molar-refractivity contribution >= 4 is 16.9 Å². The van der Waals surface area contributed by atoms with Crippen LogP contribution in [0.3, 0.4) is 0 Å². The number of hydrogen-bond acceptors (Lipinski definition) is 6. The molecule has 7 nitrogen and oxygen atoms in total. The van der Waals surface area contributed by atoms with Crippen LogP contribution in [-0.4, -0.2) is 53.5 Å². The maximum absolute atomic E-state index is 13.1. The van der Waals surface area contributed by atoms with Crippen molar-refractivity contribution in [2.45, 2.75) is 38.8 Å². The highest BCUT2D eigenvalue weighted by molar-refractivity contribution is 5.87. The van der Waals surface area contributed by atoms with Gasteiger partial charge in [0.2, 0.25) is 5.91 Å². The summed E-state index contributed by atoms with van der Waals surface area (Å²) in [7, 11) is 1.95. The number of nitrogens with zero attached hydrogens (tertiary/aromatic N) is 4. The van der Waals surface area contributed by atoms with Gasteiger partial charge in [0.1, 0.15) is 11.6 Å². The Labute approximate surface area is 166 Å². The zero-order chi connectivity index (χ0) is 20.3. The van der Waals surface area contributed by atoms with Gasteiger partial charge in [-0.25, -0.2) is 0 Å². The molecule has 2 aromatic rings. The molecule has 1 aliphatic rings. The average molecular weight is 380 g/mol. The highest BCUT2D eigenvalue weighted by Crippen LogP contribution is 2.35. The van der Waals surface area contributed by atoms with Crippen molar-refractivity contribution in [2.75, 3.05) is 26.7 Å². The average Bonchev–Trinajstić information content (AvgIpc) is 2.71. The molecule has 148 valence electrons. The van der Waals surface area contributed by atoms with E-state index in [4.69, 9.17) is 0 Å². The third kappa shape index (κ3) is 3.71. The Bertz CT molecular complexity index is 907. The first kappa shape index (κ1) is 20.2. The highest BCUT2D eigenvalue weighted by atomic mass is 16.2. The van der Waals surface area contributed by atoms with Crippen LogP contribution in [0.25, 0.3) is 11.0 Å². The second kappa shape index (κ2) is 8.21. The molecule has 1 amide bonds. The lowest BCUT2D eigenvalue weighted by Gasteiger charge is -2.43. The molecule has 0 saturated carbocycles. The molecule has 1 aliphatic heterocycles. The van der Waals surface area contributed by atoms with Crippen LogP contribution < -0.4 is 10.6 Å².